The topological polar surface area (TPSA) is 384 Å². The zero-order valence-corrected chi connectivity index (χ0v) is 95.3. The number of benzene rings is 2. The number of aromatic nitrogens is 1. The number of cyclic esters (lactones) is 2. The molecule has 774 valence electrons. The summed E-state index contributed by atoms with van der Waals surface area (Å²) in [6.07, 6.45) is 2.74. The highest BCUT2D eigenvalue weighted by Crippen LogP contribution is 2.31. The highest BCUT2D eigenvalue weighted by molar-refractivity contribution is 14.1. The predicted octanol–water partition coefficient (Wildman–Crippen LogP) is 20.5. The molecule has 2 aromatic carbocycles. The number of hydrogen-bond acceptors (Lipinski definition) is 19. The van der Waals surface area contributed by atoms with Crippen molar-refractivity contribution in [3.63, 3.8) is 0 Å². The van der Waals surface area contributed by atoms with E-state index < -0.39 is 181 Å². The van der Waals surface area contributed by atoms with Crippen molar-refractivity contribution in [2.75, 3.05) is 70.0 Å². The number of anilines is 1. The third kappa shape index (κ3) is 81.7. The second-order valence-electron chi connectivity index (χ2n) is 39.3. The van der Waals surface area contributed by atoms with E-state index in [2.05, 4.69) is 218 Å². The minimum Gasteiger partial charge on any atom is -0.460 e. The van der Waals surface area contributed by atoms with Crippen LogP contribution in [0.4, 0.5) is 59.2 Å². The fourth-order valence-corrected chi connectivity index (χ4v) is 16.0. The maximum Gasteiger partial charge on any atom is 0.410 e. The monoisotopic (exact) mass is 2260 g/mol. The summed E-state index contributed by atoms with van der Waals surface area (Å²) in [6, 6.07) is 15.1. The number of nitrogens with zero attached hydrogens (tertiary/aromatic N) is 2. The molecular weight excluding hydrogens is 2110 g/mol. The Morgan fingerprint density at radius 3 is 1.29 bits per heavy atom. The van der Waals surface area contributed by atoms with Gasteiger partial charge in [0.25, 0.3) is 29.6 Å². The minimum absolute atomic E-state index is 0.00420. The van der Waals surface area contributed by atoms with E-state index in [1.54, 1.807) is 20.8 Å². The number of carbonyl (C=O) groups is 3. The number of esters is 1. The van der Waals surface area contributed by atoms with Gasteiger partial charge in [0.1, 0.15) is 72.4 Å². The SMILES string of the molecule is CCO.C[C@@H](CC#C[Si](C)(C)C)N1CC(F)(F)COC1=O.C[C@@H](N)CC#C[Si](C)(C)C.C[C@H](CC#C[Si](C)(C)C)CC(=O)OC(C)(C)C.C[C@H](CC#C[Si](C)(C)C)CCC(F)(F)CO.C[C@H](CC#C[Si](C)(C)C)CCC(F)(F)COS(=O)(=O)O.C[C@H](Cc1c([Si](C)(C)C)[nH]c2ccccc12)N1CC(F)(F)COC1=O.Nc1ccccc1Br.O=S(=O)(O)O.O=S1(=O)OCC(F)(F)CO1.[2H]CI. The summed E-state index contributed by atoms with van der Waals surface area (Å²) in [5, 5.41) is 18.3. The van der Waals surface area contributed by atoms with Crippen molar-refractivity contribution in [1.82, 2.24) is 14.8 Å². The summed E-state index contributed by atoms with van der Waals surface area (Å²) in [5.41, 5.74) is 29.7. The highest BCUT2D eigenvalue weighted by atomic mass is 127. The summed E-state index contributed by atoms with van der Waals surface area (Å²) < 4.78 is 243. The fourth-order valence-electron chi connectivity index (χ4n) is 9.91. The zero-order valence-electron chi connectivity index (χ0n) is 84.1. The molecule has 3 aliphatic rings. The van der Waals surface area contributed by atoms with Gasteiger partial charge in [-0.25, -0.2) is 66.0 Å². The van der Waals surface area contributed by atoms with Gasteiger partial charge in [0.15, 0.2) is 13.2 Å². The van der Waals surface area contributed by atoms with Gasteiger partial charge in [-0.3, -0.25) is 28.3 Å². The molecule has 6 atom stereocenters. The Balaban J connectivity index is -0.000000478. The number of halogens is 12. The number of aliphatic hydroxyl groups excluding tert-OH is 2. The van der Waals surface area contributed by atoms with Gasteiger partial charge in [-0.1, -0.05) is 192 Å². The van der Waals surface area contributed by atoms with E-state index in [9.17, 15) is 75.1 Å². The number of H-pyrrole nitrogens is 1. The summed E-state index contributed by atoms with van der Waals surface area (Å²) in [7, 11) is -21.9. The van der Waals surface area contributed by atoms with Crippen molar-refractivity contribution in [3.8, 4) is 57.3 Å². The number of hydrogen-bond donors (Lipinski definition) is 8. The number of carbonyl (C=O) groups excluding carboxylic acids is 3. The Morgan fingerprint density at radius 1 is 0.604 bits per heavy atom. The van der Waals surface area contributed by atoms with Crippen molar-refractivity contribution in [2.24, 2.45) is 23.5 Å². The third-order valence-electron chi connectivity index (χ3n) is 16.0. The van der Waals surface area contributed by atoms with Gasteiger partial charge in [0.2, 0.25) is 0 Å². The van der Waals surface area contributed by atoms with E-state index in [0.29, 0.717) is 43.4 Å². The quantitative estimate of drug-likeness (QED) is 0.00533. The van der Waals surface area contributed by atoms with Crippen LogP contribution in [0, 0.1) is 75.1 Å². The van der Waals surface area contributed by atoms with Crippen LogP contribution < -0.4 is 16.8 Å². The normalized spacial score (nSPS) is 16.4. The van der Waals surface area contributed by atoms with Gasteiger partial charge < -0.3 is 40.9 Å². The van der Waals surface area contributed by atoms with Gasteiger partial charge >= 0.3 is 49.4 Å². The number of aliphatic hydroxyl groups is 2. The van der Waals surface area contributed by atoms with Crippen LogP contribution >= 0.6 is 38.5 Å². The highest BCUT2D eigenvalue weighted by Gasteiger charge is 2.45. The number of nitrogens with one attached hydrogen (secondary N) is 1. The number of amides is 2. The predicted molar refractivity (Wildman–Crippen MR) is 544 cm³/mol. The summed E-state index contributed by atoms with van der Waals surface area (Å²) >= 11 is 5.23. The fraction of sp³-hybridized carbons (Fsp3) is 0.693. The first-order chi connectivity index (χ1) is 60.6. The summed E-state index contributed by atoms with van der Waals surface area (Å²) in [4.78, 5) is 41.1. The van der Waals surface area contributed by atoms with E-state index in [0.717, 1.165) is 49.3 Å². The van der Waals surface area contributed by atoms with Crippen LogP contribution in [0.25, 0.3) is 10.9 Å². The third-order valence-corrected chi connectivity index (χ3v) is 24.5. The molecule has 6 rings (SSSR count). The van der Waals surface area contributed by atoms with Crippen molar-refractivity contribution < 1.29 is 136 Å². The lowest BCUT2D eigenvalue weighted by molar-refractivity contribution is -0.155. The molecule has 3 saturated heterocycles. The lowest BCUT2D eigenvalue weighted by atomic mass is 10.00. The maximum absolute atomic E-state index is 13.7. The van der Waals surface area contributed by atoms with Crippen molar-refractivity contribution in [1.29, 1.82) is 0 Å². The molecule has 3 aliphatic heterocycles. The zero-order chi connectivity index (χ0) is 107. The largest absolute Gasteiger partial charge is 0.460 e. The summed E-state index contributed by atoms with van der Waals surface area (Å²) in [6.45, 7) is 50.6. The number of alkyl halides is 11. The van der Waals surface area contributed by atoms with Crippen molar-refractivity contribution in [2.45, 2.75) is 311 Å². The molecule has 4 heterocycles. The lowest BCUT2D eigenvalue weighted by Crippen LogP contribution is -2.54. The average Bonchev–Trinajstić information content (AvgIpc) is 1.63. The van der Waals surface area contributed by atoms with Crippen LogP contribution in [0.2, 0.25) is 118 Å². The standard InChI is InChI=1S/C18H24F2N2O2Si.C14H26O2Si.C12H19F2NO2Si.C12H22F2O4SSi.C12H22F2OSi.C8H17NSi.C6H6BrN.C3H4F2O4S.C2H6O.CH3I.H2O4S/c1-12(22-10-18(19,20)11-24-17(22)23)9-14-13-7-5-6-8-15(13)21-16(14)25(2,3)4;1-12(9-8-10-17(5,6)7)11-13(15)16-14(2,3)4;1-10(6-5-7-18(2,3)4)15-8-12(13,14)9-17-11(15)16;1-11(6-5-9-20(2,3)4)7-8-12(13,14)10-18-19(15,16)17;1-11(6-5-9-16(2,3)4)7-8-12(13,14)10-15;1-8(9)6-5-7-10(2,3)4;7-5-3-1-2-4-6(5)8;4-3(5)1-8-10(6,7)9-2-3;1-2-3;1-2;1-5(2,3)4/h5-8,12,21H,9-11H2,1-4H3;12H,9,11H2,1-7H3;10H,6,8-9H2,1-4H3;11H,6-8,10H2,1-4H3,(H,15,16,17);11,15H,6-8,10H2,1-4H3;8H,6,9H2,1-4H3;1-4H,8H2;1-2H2;3H,2H2,1H3;1H3;(H2,1,2,3,4)/t2*12-;10-;2*11-;8-;;;;;/m110111...../s1/i;;;;;;;;;1D;. The molecule has 0 aliphatic carbocycles. The Kier molecular flexibility index (Phi) is 63.5. The molecule has 10 N–H and O–H groups in total. The second-order valence-corrected chi connectivity index (χ2v) is 72.2. The molecule has 0 saturated carbocycles. The maximum atomic E-state index is 13.7. The molecule has 3 fully saturated rings. The number of rotatable bonds is 22. The van der Waals surface area contributed by atoms with Gasteiger partial charge in [-0.15, -0.1) is 57.3 Å². The molecular formula is C88H151BrF10IN5O20S3Si6. The number of nitrogens with two attached hydrogens (primary N) is 2. The molecule has 2 amide bonds. The van der Waals surface area contributed by atoms with E-state index in [1.807, 2.05) is 120 Å². The van der Waals surface area contributed by atoms with Crippen molar-refractivity contribution in [3.05, 3.63) is 58.6 Å². The summed E-state index contributed by atoms with van der Waals surface area (Å²) in [5.74, 6) is 0.347. The van der Waals surface area contributed by atoms with E-state index >= 15 is 0 Å². The molecule has 0 unspecified atom stereocenters. The van der Waals surface area contributed by atoms with Gasteiger partial charge in [-0.2, -0.15) is 25.3 Å². The van der Waals surface area contributed by atoms with E-state index in [4.69, 9.17) is 49.9 Å². The Morgan fingerprint density at radius 2 is 0.955 bits per heavy atom. The molecule has 0 spiro atoms. The first kappa shape index (κ1) is 135. The molecule has 3 aromatic rings. The number of para-hydroxylation sites is 2. The van der Waals surface area contributed by atoms with Gasteiger partial charge in [-0.05, 0) is 130 Å². The number of nitrogen functional groups attached to an aromatic ring is 1. The van der Waals surface area contributed by atoms with Crippen molar-refractivity contribution >= 4 is 158 Å². The Bertz CT molecular complexity index is 4670. The van der Waals surface area contributed by atoms with Crippen LogP contribution in [0.15, 0.2) is 53.0 Å². The molecule has 46 heteroatoms. The van der Waals surface area contributed by atoms with Gasteiger partial charge in [0.05, 0.1) is 21.2 Å². The number of fused-ring (bicyclic) bond motifs is 1. The van der Waals surface area contributed by atoms with E-state index in [-0.39, 0.29) is 66.9 Å². The van der Waals surface area contributed by atoms with Crippen LogP contribution in [0.1, 0.15) is 140 Å². The number of aromatic amines is 1. The average molecular weight is 2260 g/mol. The molecule has 0 radical (unpaired) electrons. The Hall–Kier alpha value is -5.11. The van der Waals surface area contributed by atoms with Crippen LogP contribution in [-0.2, 0) is 69.2 Å². The first-order valence-corrected chi connectivity index (χ1v) is 70.3. The smallest absolute Gasteiger partial charge is 0.410 e. The minimum atomic E-state index is -4.82. The first-order valence-electron chi connectivity index (χ1n) is 43.6. The van der Waals surface area contributed by atoms with Crippen LogP contribution in [-0.4, -0.2) is 248 Å². The van der Waals surface area contributed by atoms with Gasteiger partial charge in [0, 0.05) is 104 Å². The molecule has 25 nitrogen and oxygen atoms in total. The lowest BCUT2D eigenvalue weighted by Gasteiger charge is -2.36. The van der Waals surface area contributed by atoms with E-state index in [1.165, 1.54) is 5.32 Å². The Labute approximate surface area is 822 Å². The molecule has 1 aromatic heterocycles. The van der Waals surface area contributed by atoms with Crippen LogP contribution in [0.5, 0.6) is 0 Å². The van der Waals surface area contributed by atoms with Crippen LogP contribution in [0.3, 0.4) is 0 Å². The molecule has 134 heavy (non-hydrogen) atoms. The number of ether oxygens (including phenoxy) is 3. The molecule has 0 bridgehead atoms. The second kappa shape index (κ2) is 62.9.